The molecule has 1 atom stereocenters. The van der Waals surface area contributed by atoms with Crippen molar-refractivity contribution in [2.45, 2.75) is 12.5 Å². The van der Waals surface area contributed by atoms with Crippen LogP contribution in [0.15, 0.2) is 30.3 Å². The molecule has 1 aromatic carbocycles. The van der Waals surface area contributed by atoms with Gasteiger partial charge >= 0.3 is 6.09 Å². The van der Waals surface area contributed by atoms with Crippen LogP contribution < -0.4 is 0 Å². The molecule has 92 valence electrons. The Morgan fingerprint density at radius 1 is 1.47 bits per heavy atom. The van der Waals surface area contributed by atoms with E-state index in [4.69, 9.17) is 9.47 Å². The molecule has 2 rings (SSSR count). The quantitative estimate of drug-likeness (QED) is 0.783. The number of ether oxygens (including phenoxy) is 2. The van der Waals surface area contributed by atoms with Gasteiger partial charge in [-0.25, -0.2) is 4.79 Å². The minimum atomic E-state index is -0.272. The number of morpholine rings is 1. The lowest BCUT2D eigenvalue weighted by atomic mass is 10.1. The SMILES string of the molecule is COC(=O)N1CCOC(Cc2ccccc2)C1. The van der Waals surface area contributed by atoms with Gasteiger partial charge < -0.3 is 14.4 Å². The van der Waals surface area contributed by atoms with Gasteiger partial charge in [-0.05, 0) is 5.56 Å². The minimum absolute atomic E-state index is 0.0604. The number of benzene rings is 1. The van der Waals surface area contributed by atoms with Gasteiger partial charge in [-0.3, -0.25) is 0 Å². The van der Waals surface area contributed by atoms with Crippen molar-refractivity contribution in [3.8, 4) is 0 Å². The summed E-state index contributed by atoms with van der Waals surface area (Å²) in [7, 11) is 1.41. The Hall–Kier alpha value is -1.55. The summed E-state index contributed by atoms with van der Waals surface area (Å²) in [6, 6.07) is 10.2. The third kappa shape index (κ3) is 3.20. The highest BCUT2D eigenvalue weighted by Crippen LogP contribution is 2.12. The van der Waals surface area contributed by atoms with E-state index in [1.807, 2.05) is 18.2 Å². The molecule has 0 spiro atoms. The molecule has 0 aromatic heterocycles. The average Bonchev–Trinajstić information content (AvgIpc) is 2.39. The smallest absolute Gasteiger partial charge is 0.409 e. The van der Waals surface area contributed by atoms with Gasteiger partial charge in [0.2, 0.25) is 0 Å². The summed E-state index contributed by atoms with van der Waals surface area (Å²) in [5.41, 5.74) is 1.23. The number of amides is 1. The van der Waals surface area contributed by atoms with Crippen LogP contribution in [0.3, 0.4) is 0 Å². The van der Waals surface area contributed by atoms with Crippen LogP contribution in [-0.2, 0) is 15.9 Å². The number of hydrogen-bond acceptors (Lipinski definition) is 3. The molecule has 1 amide bonds. The van der Waals surface area contributed by atoms with Gasteiger partial charge in [-0.1, -0.05) is 30.3 Å². The number of carbonyl (C=O) groups is 1. The topological polar surface area (TPSA) is 38.8 Å². The van der Waals surface area contributed by atoms with Crippen molar-refractivity contribution in [2.75, 3.05) is 26.8 Å². The fourth-order valence-electron chi connectivity index (χ4n) is 2.01. The van der Waals surface area contributed by atoms with Gasteiger partial charge in [0.15, 0.2) is 0 Å². The fourth-order valence-corrected chi connectivity index (χ4v) is 2.01. The Morgan fingerprint density at radius 3 is 2.94 bits per heavy atom. The van der Waals surface area contributed by atoms with Crippen molar-refractivity contribution in [1.82, 2.24) is 4.90 Å². The molecule has 1 unspecified atom stereocenters. The molecule has 0 radical (unpaired) electrons. The number of hydrogen-bond donors (Lipinski definition) is 0. The van der Waals surface area contributed by atoms with E-state index in [0.29, 0.717) is 19.7 Å². The number of nitrogens with zero attached hydrogens (tertiary/aromatic N) is 1. The molecule has 1 aliphatic rings. The molecule has 1 aliphatic heterocycles. The highest BCUT2D eigenvalue weighted by molar-refractivity contribution is 5.67. The summed E-state index contributed by atoms with van der Waals surface area (Å²) in [4.78, 5) is 13.1. The van der Waals surface area contributed by atoms with Crippen LogP contribution in [0.1, 0.15) is 5.56 Å². The summed E-state index contributed by atoms with van der Waals surface area (Å²) in [6.07, 6.45) is 0.616. The van der Waals surface area contributed by atoms with Crippen LogP contribution in [0, 0.1) is 0 Å². The monoisotopic (exact) mass is 235 g/mol. The molecule has 4 nitrogen and oxygen atoms in total. The summed E-state index contributed by atoms with van der Waals surface area (Å²) in [5.74, 6) is 0. The molecule has 0 aliphatic carbocycles. The van der Waals surface area contributed by atoms with Crippen molar-refractivity contribution in [3.63, 3.8) is 0 Å². The van der Waals surface area contributed by atoms with E-state index in [0.717, 1.165) is 6.42 Å². The molecule has 17 heavy (non-hydrogen) atoms. The third-order valence-electron chi connectivity index (χ3n) is 2.88. The summed E-state index contributed by atoms with van der Waals surface area (Å²) in [5, 5.41) is 0. The second kappa shape index (κ2) is 5.68. The van der Waals surface area contributed by atoms with Crippen LogP contribution in [0.4, 0.5) is 4.79 Å². The van der Waals surface area contributed by atoms with Gasteiger partial charge in [0, 0.05) is 13.0 Å². The Morgan fingerprint density at radius 2 is 2.24 bits per heavy atom. The molecule has 0 bridgehead atoms. The first-order valence-corrected chi connectivity index (χ1v) is 5.78. The highest BCUT2D eigenvalue weighted by atomic mass is 16.5. The second-order valence-corrected chi connectivity index (χ2v) is 4.10. The van der Waals surface area contributed by atoms with Gasteiger partial charge in [0.1, 0.15) is 0 Å². The molecule has 4 heteroatoms. The van der Waals surface area contributed by atoms with Gasteiger partial charge in [-0.15, -0.1) is 0 Å². The zero-order valence-corrected chi connectivity index (χ0v) is 9.96. The molecule has 0 saturated carbocycles. The van der Waals surface area contributed by atoms with Gasteiger partial charge in [-0.2, -0.15) is 0 Å². The maximum absolute atomic E-state index is 11.4. The van der Waals surface area contributed by atoms with Crippen LogP contribution in [0.2, 0.25) is 0 Å². The molecule has 1 heterocycles. The number of carbonyl (C=O) groups excluding carboxylic acids is 1. The lowest BCUT2D eigenvalue weighted by Gasteiger charge is -2.31. The summed E-state index contributed by atoms with van der Waals surface area (Å²) < 4.78 is 10.4. The summed E-state index contributed by atoms with van der Waals surface area (Å²) in [6.45, 7) is 1.78. The van der Waals surface area contributed by atoms with Gasteiger partial charge in [0.05, 0.1) is 26.4 Å². The molecular weight excluding hydrogens is 218 g/mol. The molecule has 1 fully saturated rings. The predicted octanol–water partition coefficient (Wildman–Crippen LogP) is 1.70. The lowest BCUT2D eigenvalue weighted by Crippen LogP contribution is -2.46. The van der Waals surface area contributed by atoms with Crippen LogP contribution >= 0.6 is 0 Å². The largest absolute Gasteiger partial charge is 0.453 e. The Kier molecular flexibility index (Phi) is 3.98. The average molecular weight is 235 g/mol. The highest BCUT2D eigenvalue weighted by Gasteiger charge is 2.24. The van der Waals surface area contributed by atoms with E-state index in [1.165, 1.54) is 12.7 Å². The molecule has 0 N–H and O–H groups in total. The summed E-state index contributed by atoms with van der Waals surface area (Å²) >= 11 is 0. The minimum Gasteiger partial charge on any atom is -0.453 e. The zero-order chi connectivity index (χ0) is 12.1. The second-order valence-electron chi connectivity index (χ2n) is 4.10. The Labute approximate surface area is 101 Å². The van der Waals surface area contributed by atoms with Crippen molar-refractivity contribution in [1.29, 1.82) is 0 Å². The van der Waals surface area contributed by atoms with Crippen molar-refractivity contribution < 1.29 is 14.3 Å². The van der Waals surface area contributed by atoms with Crippen molar-refractivity contribution in [2.24, 2.45) is 0 Å². The van der Waals surface area contributed by atoms with E-state index in [9.17, 15) is 4.79 Å². The fraction of sp³-hybridized carbons (Fsp3) is 0.462. The first kappa shape index (κ1) is 11.9. The number of rotatable bonds is 2. The van der Waals surface area contributed by atoms with E-state index < -0.39 is 0 Å². The third-order valence-corrected chi connectivity index (χ3v) is 2.88. The van der Waals surface area contributed by atoms with E-state index in [2.05, 4.69) is 12.1 Å². The van der Waals surface area contributed by atoms with E-state index >= 15 is 0 Å². The van der Waals surface area contributed by atoms with Gasteiger partial charge in [0.25, 0.3) is 0 Å². The van der Waals surface area contributed by atoms with Crippen LogP contribution in [0.5, 0.6) is 0 Å². The Bertz CT molecular complexity index is 366. The maximum atomic E-state index is 11.4. The molecule has 1 saturated heterocycles. The van der Waals surface area contributed by atoms with Crippen LogP contribution in [0.25, 0.3) is 0 Å². The zero-order valence-electron chi connectivity index (χ0n) is 9.96. The standard InChI is InChI=1S/C13H17NO3/c1-16-13(15)14-7-8-17-12(10-14)9-11-5-3-2-4-6-11/h2-6,12H,7-10H2,1H3. The van der Waals surface area contributed by atoms with E-state index in [1.54, 1.807) is 4.90 Å². The normalized spacial score (nSPS) is 20.1. The van der Waals surface area contributed by atoms with Crippen molar-refractivity contribution in [3.05, 3.63) is 35.9 Å². The molecular formula is C13H17NO3. The Balaban J connectivity index is 1.92. The lowest BCUT2D eigenvalue weighted by molar-refractivity contribution is -0.0237. The van der Waals surface area contributed by atoms with Crippen LogP contribution in [-0.4, -0.2) is 43.9 Å². The van der Waals surface area contributed by atoms with E-state index in [-0.39, 0.29) is 12.2 Å². The van der Waals surface area contributed by atoms with Crippen molar-refractivity contribution >= 4 is 6.09 Å². The first-order valence-electron chi connectivity index (χ1n) is 5.78. The molecule has 1 aromatic rings. The first-order chi connectivity index (χ1) is 8.29. The predicted molar refractivity (Wildman–Crippen MR) is 63.9 cm³/mol. The maximum Gasteiger partial charge on any atom is 0.409 e. The number of methoxy groups -OCH3 is 1.